The minimum absolute atomic E-state index is 0.0127. The summed E-state index contributed by atoms with van der Waals surface area (Å²) in [6.45, 7) is 7.49. The highest BCUT2D eigenvalue weighted by atomic mass is 16.5. The number of rotatable bonds is 9. The molecule has 1 aromatic heterocycles. The first-order chi connectivity index (χ1) is 16.9. The fraction of sp³-hybridized carbons (Fsp3) is 0.370. The van der Waals surface area contributed by atoms with Crippen molar-refractivity contribution in [3.8, 4) is 11.5 Å². The summed E-state index contributed by atoms with van der Waals surface area (Å²) in [4.78, 5) is 23.0. The van der Waals surface area contributed by atoms with Crippen LogP contribution >= 0.6 is 0 Å². The summed E-state index contributed by atoms with van der Waals surface area (Å²) < 4.78 is 12.0. The number of hydrogen-bond acceptors (Lipinski definition) is 7. The first-order valence-corrected chi connectivity index (χ1v) is 11.9. The summed E-state index contributed by atoms with van der Waals surface area (Å²) in [5, 5.41) is 12.8. The molecule has 1 saturated heterocycles. The van der Waals surface area contributed by atoms with Crippen molar-refractivity contribution in [1.82, 2.24) is 9.97 Å². The van der Waals surface area contributed by atoms with E-state index in [0.717, 1.165) is 42.4 Å². The molecule has 2 aromatic carbocycles. The lowest BCUT2D eigenvalue weighted by Crippen LogP contribution is -2.41. The molecule has 1 fully saturated rings. The van der Waals surface area contributed by atoms with Crippen LogP contribution in [0.2, 0.25) is 0 Å². The molecule has 2 N–H and O–H groups in total. The van der Waals surface area contributed by atoms with Gasteiger partial charge in [0.2, 0.25) is 0 Å². The van der Waals surface area contributed by atoms with Gasteiger partial charge < -0.3 is 24.8 Å². The van der Waals surface area contributed by atoms with Crippen molar-refractivity contribution in [2.45, 2.75) is 45.1 Å². The quantitative estimate of drug-likeness (QED) is 0.444. The van der Waals surface area contributed by atoms with Gasteiger partial charge in [0.25, 0.3) is 0 Å². The van der Waals surface area contributed by atoms with Crippen molar-refractivity contribution in [3.63, 3.8) is 0 Å². The van der Waals surface area contributed by atoms with Crippen molar-refractivity contribution in [2.75, 3.05) is 29.9 Å². The molecule has 0 radical (unpaired) electrons. The maximum Gasteiger partial charge on any atom is 0.313 e. The molecule has 1 aliphatic heterocycles. The monoisotopic (exact) mass is 476 g/mol. The number of benzene rings is 2. The molecule has 3 aromatic rings. The molecule has 0 bridgehead atoms. The Morgan fingerprint density at radius 3 is 2.74 bits per heavy atom. The normalized spacial score (nSPS) is 16.0. The van der Waals surface area contributed by atoms with Crippen LogP contribution in [0.1, 0.15) is 39.2 Å². The first-order valence-electron chi connectivity index (χ1n) is 11.9. The molecular weight excluding hydrogens is 444 g/mol. The zero-order chi connectivity index (χ0) is 24.8. The lowest BCUT2D eigenvalue weighted by atomic mass is 9.84. The van der Waals surface area contributed by atoms with Crippen molar-refractivity contribution >= 4 is 23.3 Å². The fourth-order valence-electron chi connectivity index (χ4n) is 4.07. The average molecular weight is 477 g/mol. The smallest absolute Gasteiger partial charge is 0.313 e. The maximum absolute atomic E-state index is 11.6. The number of aromatic nitrogens is 2. The number of para-hydroxylation sites is 2. The number of ether oxygens (including phenoxy) is 2. The van der Waals surface area contributed by atoms with Gasteiger partial charge in [0.05, 0.1) is 31.0 Å². The Kier molecular flexibility index (Phi) is 7.39. The highest BCUT2D eigenvalue weighted by molar-refractivity contribution is 5.81. The summed E-state index contributed by atoms with van der Waals surface area (Å²) in [5.74, 6) is 2.00. The summed E-state index contributed by atoms with van der Waals surface area (Å²) >= 11 is 0. The Morgan fingerprint density at radius 2 is 1.97 bits per heavy atom. The van der Waals surface area contributed by atoms with Gasteiger partial charge in [-0.15, -0.1) is 0 Å². The standard InChI is InChI=1S/C27H32N4O4/c1-4-34-22-12-5-6-13-23(22)35-21-11-8-14-31(18-21)25-17-28-16-24(30-25)29-20-10-7-9-19(15-20)27(2,3)26(32)33/h5-7,9-10,12-13,15-17,21H,4,8,11,14,18H2,1-3H3,(H,29,30)(H,32,33). The number of nitrogens with one attached hydrogen (secondary N) is 1. The minimum atomic E-state index is -0.991. The molecule has 0 spiro atoms. The molecule has 8 nitrogen and oxygen atoms in total. The lowest BCUT2D eigenvalue weighted by Gasteiger charge is -2.33. The molecule has 0 aliphatic carbocycles. The second-order valence-electron chi connectivity index (χ2n) is 9.11. The molecule has 4 rings (SSSR count). The molecule has 1 unspecified atom stereocenters. The lowest BCUT2D eigenvalue weighted by molar-refractivity contribution is -0.142. The average Bonchev–Trinajstić information content (AvgIpc) is 2.86. The van der Waals surface area contributed by atoms with Gasteiger partial charge in [-0.1, -0.05) is 24.3 Å². The van der Waals surface area contributed by atoms with Gasteiger partial charge in [-0.3, -0.25) is 9.78 Å². The van der Waals surface area contributed by atoms with E-state index in [1.165, 1.54) is 0 Å². The Hall–Kier alpha value is -3.81. The van der Waals surface area contributed by atoms with E-state index in [1.54, 1.807) is 26.2 Å². The van der Waals surface area contributed by atoms with Gasteiger partial charge in [-0.2, -0.15) is 0 Å². The Labute approximate surface area is 205 Å². The van der Waals surface area contributed by atoms with E-state index in [2.05, 4.69) is 15.2 Å². The molecule has 8 heteroatoms. The molecular formula is C27H32N4O4. The third-order valence-corrected chi connectivity index (χ3v) is 6.16. The van der Waals surface area contributed by atoms with Crippen LogP contribution in [-0.2, 0) is 10.2 Å². The third-order valence-electron chi connectivity index (χ3n) is 6.16. The fourth-order valence-corrected chi connectivity index (χ4v) is 4.07. The summed E-state index contributed by atoms with van der Waals surface area (Å²) in [5.41, 5.74) is 0.479. The van der Waals surface area contributed by atoms with Gasteiger partial charge in [0.1, 0.15) is 11.9 Å². The van der Waals surface area contributed by atoms with Crippen LogP contribution in [0.4, 0.5) is 17.3 Å². The summed E-state index contributed by atoms with van der Waals surface area (Å²) in [6.07, 6.45) is 5.36. The van der Waals surface area contributed by atoms with E-state index >= 15 is 0 Å². The topological polar surface area (TPSA) is 96.8 Å². The largest absolute Gasteiger partial charge is 0.490 e. The van der Waals surface area contributed by atoms with Crippen LogP contribution in [0, 0.1) is 0 Å². The van der Waals surface area contributed by atoms with Gasteiger partial charge in [0, 0.05) is 12.2 Å². The number of anilines is 3. The van der Waals surface area contributed by atoms with E-state index < -0.39 is 11.4 Å². The van der Waals surface area contributed by atoms with Crippen LogP contribution in [0.25, 0.3) is 0 Å². The Bertz CT molecular complexity index is 1170. The zero-order valence-corrected chi connectivity index (χ0v) is 20.4. The molecule has 1 aliphatic rings. The predicted molar refractivity (Wildman–Crippen MR) is 136 cm³/mol. The number of carboxylic acid groups (broad SMARTS) is 1. The summed E-state index contributed by atoms with van der Waals surface area (Å²) in [6, 6.07) is 15.1. The van der Waals surface area contributed by atoms with Gasteiger partial charge in [-0.25, -0.2) is 4.98 Å². The first kappa shape index (κ1) is 24.3. The molecule has 1 atom stereocenters. The van der Waals surface area contributed by atoms with Crippen LogP contribution in [-0.4, -0.2) is 46.8 Å². The van der Waals surface area contributed by atoms with Crippen molar-refractivity contribution in [1.29, 1.82) is 0 Å². The Morgan fingerprint density at radius 1 is 1.17 bits per heavy atom. The minimum Gasteiger partial charge on any atom is -0.490 e. The van der Waals surface area contributed by atoms with Gasteiger partial charge in [-0.05, 0) is 63.4 Å². The van der Waals surface area contributed by atoms with E-state index in [1.807, 2.05) is 55.5 Å². The van der Waals surface area contributed by atoms with Crippen LogP contribution in [0.5, 0.6) is 11.5 Å². The zero-order valence-electron chi connectivity index (χ0n) is 20.4. The van der Waals surface area contributed by atoms with Gasteiger partial charge in [0.15, 0.2) is 17.3 Å². The van der Waals surface area contributed by atoms with E-state index in [-0.39, 0.29) is 6.10 Å². The number of nitrogens with zero attached hydrogens (tertiary/aromatic N) is 3. The highest BCUT2D eigenvalue weighted by Crippen LogP contribution is 2.30. The van der Waals surface area contributed by atoms with Crippen molar-refractivity contribution < 1.29 is 19.4 Å². The van der Waals surface area contributed by atoms with Crippen LogP contribution in [0.15, 0.2) is 60.9 Å². The van der Waals surface area contributed by atoms with Crippen molar-refractivity contribution in [2.24, 2.45) is 0 Å². The molecule has 0 amide bonds. The second-order valence-corrected chi connectivity index (χ2v) is 9.11. The number of aliphatic carboxylic acids is 1. The van der Waals surface area contributed by atoms with Crippen molar-refractivity contribution in [3.05, 3.63) is 66.5 Å². The SMILES string of the molecule is CCOc1ccccc1OC1CCCN(c2cncc(Nc3cccc(C(C)(C)C(=O)O)c3)n2)C1. The number of piperidine rings is 1. The molecule has 2 heterocycles. The number of carbonyl (C=O) groups is 1. The Balaban J connectivity index is 1.46. The third kappa shape index (κ3) is 5.82. The molecule has 184 valence electrons. The summed E-state index contributed by atoms with van der Waals surface area (Å²) in [7, 11) is 0. The second kappa shape index (κ2) is 10.6. The maximum atomic E-state index is 11.6. The van der Waals surface area contributed by atoms with E-state index in [4.69, 9.17) is 14.5 Å². The highest BCUT2D eigenvalue weighted by Gasteiger charge is 2.29. The number of carboxylic acids is 1. The van der Waals surface area contributed by atoms with E-state index in [9.17, 15) is 9.90 Å². The molecule has 35 heavy (non-hydrogen) atoms. The van der Waals surface area contributed by atoms with E-state index in [0.29, 0.717) is 24.5 Å². The number of hydrogen-bond donors (Lipinski definition) is 2. The molecule has 0 saturated carbocycles. The van der Waals surface area contributed by atoms with Gasteiger partial charge >= 0.3 is 5.97 Å². The predicted octanol–water partition coefficient (Wildman–Crippen LogP) is 5.03. The van der Waals surface area contributed by atoms with Crippen LogP contribution in [0.3, 0.4) is 0 Å². The van der Waals surface area contributed by atoms with Crippen LogP contribution < -0.4 is 19.7 Å².